The van der Waals surface area contributed by atoms with E-state index in [0.717, 1.165) is 0 Å². The zero-order valence-corrected chi connectivity index (χ0v) is 9.46. The normalized spacial score (nSPS) is 18.7. The van der Waals surface area contributed by atoms with Crippen LogP contribution >= 0.6 is 0 Å². The molecule has 0 fully saturated rings. The predicted molar refractivity (Wildman–Crippen MR) is 56.8 cm³/mol. The maximum atomic E-state index is 8.36. The first-order valence-electron chi connectivity index (χ1n) is 4.98. The highest BCUT2D eigenvalue weighted by atomic mass is 16.9. The standard InChI is InChI=1S/C9H18N2.HNO3/c1-4-5-6-11-8-7-10(3)9(11)2;2-1(3)4/h7-9H,4-6H2,1-3H3;(H,2,3,4). The molecule has 88 valence electrons. The monoisotopic (exact) mass is 217 g/mol. The lowest BCUT2D eigenvalue weighted by Crippen LogP contribution is -2.33. The van der Waals surface area contributed by atoms with Gasteiger partial charge in [0.2, 0.25) is 0 Å². The van der Waals surface area contributed by atoms with Crippen molar-refractivity contribution in [3.63, 3.8) is 0 Å². The van der Waals surface area contributed by atoms with E-state index in [1.54, 1.807) is 0 Å². The Balaban J connectivity index is 0.000000423. The van der Waals surface area contributed by atoms with Gasteiger partial charge in [-0.15, -0.1) is 10.1 Å². The van der Waals surface area contributed by atoms with Crippen LogP contribution in [0.15, 0.2) is 12.4 Å². The number of unbranched alkanes of at least 4 members (excludes halogenated alkanes) is 1. The topological polar surface area (TPSA) is 69.9 Å². The summed E-state index contributed by atoms with van der Waals surface area (Å²) in [5, 5.41) is 13.6. The first-order valence-corrected chi connectivity index (χ1v) is 4.98. The van der Waals surface area contributed by atoms with Crippen LogP contribution < -0.4 is 0 Å². The van der Waals surface area contributed by atoms with Gasteiger partial charge in [0.1, 0.15) is 0 Å². The van der Waals surface area contributed by atoms with Crippen LogP contribution in [-0.2, 0) is 0 Å². The van der Waals surface area contributed by atoms with Gasteiger partial charge in [0, 0.05) is 26.0 Å². The lowest BCUT2D eigenvalue weighted by molar-refractivity contribution is -0.742. The molecular weight excluding hydrogens is 198 g/mol. The van der Waals surface area contributed by atoms with Crippen LogP contribution in [0.25, 0.3) is 0 Å². The third-order valence-corrected chi connectivity index (χ3v) is 2.33. The average molecular weight is 217 g/mol. The van der Waals surface area contributed by atoms with Crippen LogP contribution in [0.5, 0.6) is 0 Å². The summed E-state index contributed by atoms with van der Waals surface area (Å²) in [7, 11) is 2.12. The summed E-state index contributed by atoms with van der Waals surface area (Å²) in [4.78, 5) is 13.0. The smallest absolute Gasteiger partial charge is 0.291 e. The van der Waals surface area contributed by atoms with Gasteiger partial charge >= 0.3 is 0 Å². The fourth-order valence-corrected chi connectivity index (χ4v) is 1.28. The second-order valence-electron chi connectivity index (χ2n) is 3.42. The van der Waals surface area contributed by atoms with E-state index in [0.29, 0.717) is 6.17 Å². The fraction of sp³-hybridized carbons (Fsp3) is 0.778. The first-order chi connectivity index (χ1) is 6.99. The van der Waals surface area contributed by atoms with Gasteiger partial charge in [-0.2, -0.15) is 0 Å². The third kappa shape index (κ3) is 5.77. The van der Waals surface area contributed by atoms with Gasteiger partial charge in [0.25, 0.3) is 5.09 Å². The van der Waals surface area contributed by atoms with E-state index < -0.39 is 5.09 Å². The van der Waals surface area contributed by atoms with Gasteiger partial charge in [0.05, 0.1) is 6.17 Å². The molecule has 1 atom stereocenters. The maximum absolute atomic E-state index is 8.36. The van der Waals surface area contributed by atoms with Gasteiger partial charge in [-0.05, 0) is 13.3 Å². The molecule has 0 saturated carbocycles. The lowest BCUT2D eigenvalue weighted by atomic mass is 10.3. The Morgan fingerprint density at radius 3 is 2.40 bits per heavy atom. The van der Waals surface area contributed by atoms with E-state index in [-0.39, 0.29) is 0 Å². The zero-order valence-electron chi connectivity index (χ0n) is 9.46. The Kier molecular flexibility index (Phi) is 6.24. The van der Waals surface area contributed by atoms with Crippen LogP contribution in [0.3, 0.4) is 0 Å². The molecule has 0 aromatic carbocycles. The number of rotatable bonds is 3. The molecule has 0 aromatic heterocycles. The van der Waals surface area contributed by atoms with Crippen molar-refractivity contribution in [3.05, 3.63) is 22.5 Å². The summed E-state index contributed by atoms with van der Waals surface area (Å²) < 4.78 is 0. The van der Waals surface area contributed by atoms with Crippen LogP contribution in [-0.4, -0.2) is 39.9 Å². The fourth-order valence-electron chi connectivity index (χ4n) is 1.28. The minimum Gasteiger partial charge on any atom is -0.359 e. The highest BCUT2D eigenvalue weighted by molar-refractivity contribution is 4.93. The van der Waals surface area contributed by atoms with Crippen LogP contribution in [0.4, 0.5) is 0 Å². The van der Waals surface area contributed by atoms with E-state index in [4.69, 9.17) is 15.3 Å². The molecule has 0 spiro atoms. The molecule has 0 aromatic rings. The summed E-state index contributed by atoms with van der Waals surface area (Å²) in [5.74, 6) is 0. The molecule has 6 heteroatoms. The molecular formula is C9H19N3O3. The molecule has 1 aliphatic heterocycles. The van der Waals surface area contributed by atoms with Crippen molar-refractivity contribution in [2.75, 3.05) is 13.6 Å². The minimum absolute atomic E-state index is 0.557. The second-order valence-corrected chi connectivity index (χ2v) is 3.42. The Labute approximate surface area is 89.9 Å². The summed E-state index contributed by atoms with van der Waals surface area (Å²) in [6.45, 7) is 5.66. The molecule has 1 aliphatic rings. The maximum Gasteiger partial charge on any atom is 0.291 e. The van der Waals surface area contributed by atoms with Gasteiger partial charge in [0.15, 0.2) is 0 Å². The molecule has 1 heterocycles. The quantitative estimate of drug-likeness (QED) is 0.573. The van der Waals surface area contributed by atoms with Crippen molar-refractivity contribution < 1.29 is 10.3 Å². The Hall–Kier alpha value is -1.46. The largest absolute Gasteiger partial charge is 0.359 e. The lowest BCUT2D eigenvalue weighted by Gasteiger charge is -2.26. The van der Waals surface area contributed by atoms with Crippen molar-refractivity contribution in [1.82, 2.24) is 9.80 Å². The molecule has 0 saturated heterocycles. The summed E-state index contributed by atoms with van der Waals surface area (Å²) in [5.41, 5.74) is 0. The molecule has 0 amide bonds. The van der Waals surface area contributed by atoms with Crippen molar-refractivity contribution >= 4 is 0 Å². The van der Waals surface area contributed by atoms with E-state index in [1.165, 1.54) is 19.4 Å². The van der Waals surface area contributed by atoms with Crippen molar-refractivity contribution in [2.45, 2.75) is 32.9 Å². The third-order valence-electron chi connectivity index (χ3n) is 2.33. The molecule has 1 rings (SSSR count). The summed E-state index contributed by atoms with van der Waals surface area (Å²) >= 11 is 0. The first kappa shape index (κ1) is 13.5. The van der Waals surface area contributed by atoms with E-state index >= 15 is 0 Å². The number of hydrogen-bond acceptors (Lipinski definition) is 4. The van der Waals surface area contributed by atoms with Gasteiger partial charge in [-0.1, -0.05) is 13.3 Å². The molecule has 0 aliphatic carbocycles. The van der Waals surface area contributed by atoms with Gasteiger partial charge < -0.3 is 15.0 Å². The highest BCUT2D eigenvalue weighted by Gasteiger charge is 2.16. The van der Waals surface area contributed by atoms with Gasteiger partial charge in [-0.3, -0.25) is 0 Å². The van der Waals surface area contributed by atoms with E-state index in [1.807, 2.05) is 0 Å². The SMILES string of the molecule is CCCCN1C=CN(C)C1C.O=[N+]([O-])O. The molecule has 6 nitrogen and oxygen atoms in total. The molecule has 0 radical (unpaired) electrons. The molecule has 15 heavy (non-hydrogen) atoms. The Morgan fingerprint density at radius 1 is 1.53 bits per heavy atom. The molecule has 1 N–H and O–H groups in total. The molecule has 1 unspecified atom stereocenters. The Morgan fingerprint density at radius 2 is 2.07 bits per heavy atom. The van der Waals surface area contributed by atoms with E-state index in [9.17, 15) is 0 Å². The average Bonchev–Trinajstić information content (AvgIpc) is 2.44. The molecule has 0 bridgehead atoms. The van der Waals surface area contributed by atoms with Crippen LogP contribution in [0, 0.1) is 10.1 Å². The highest BCUT2D eigenvalue weighted by Crippen LogP contribution is 2.13. The summed E-state index contributed by atoms with van der Waals surface area (Å²) in [6, 6.07) is 0. The zero-order chi connectivity index (χ0) is 11.8. The number of hydrogen-bond donors (Lipinski definition) is 1. The van der Waals surface area contributed by atoms with E-state index in [2.05, 4.69) is 43.1 Å². The minimum atomic E-state index is -1.50. The Bertz CT molecular complexity index is 217. The van der Waals surface area contributed by atoms with Crippen LogP contribution in [0.2, 0.25) is 0 Å². The summed E-state index contributed by atoms with van der Waals surface area (Å²) in [6.07, 6.45) is 7.45. The second kappa shape index (κ2) is 6.92. The van der Waals surface area contributed by atoms with Crippen LogP contribution in [0.1, 0.15) is 26.7 Å². The van der Waals surface area contributed by atoms with Crippen molar-refractivity contribution in [2.24, 2.45) is 0 Å². The van der Waals surface area contributed by atoms with Gasteiger partial charge in [-0.25, -0.2) is 0 Å². The number of nitrogens with zero attached hydrogens (tertiary/aromatic N) is 3. The predicted octanol–water partition coefficient (Wildman–Crippen LogP) is 1.50. The van der Waals surface area contributed by atoms with Crippen molar-refractivity contribution in [3.8, 4) is 0 Å². The van der Waals surface area contributed by atoms with Crippen molar-refractivity contribution in [1.29, 1.82) is 0 Å².